The van der Waals surface area contributed by atoms with Gasteiger partial charge in [-0.15, -0.1) is 0 Å². The van der Waals surface area contributed by atoms with Crippen LogP contribution in [0.1, 0.15) is 25.0 Å². The molecule has 0 aliphatic heterocycles. The molecular formula is C22H28N2O4. The molecule has 0 saturated carbocycles. The summed E-state index contributed by atoms with van der Waals surface area (Å²) < 4.78 is 5.59. The zero-order valence-electron chi connectivity index (χ0n) is 16.5. The Morgan fingerprint density at radius 2 is 1.50 bits per heavy atom. The first-order chi connectivity index (χ1) is 13.4. The van der Waals surface area contributed by atoms with E-state index in [1.54, 1.807) is 7.05 Å². The van der Waals surface area contributed by atoms with E-state index in [1.807, 2.05) is 68.4 Å². The standard InChI is InChI=1S/C22H28N2O4/c1-15(2)28-18-11-9-17(10-12-18)14-20(22(26)27)24-21(25)19(23-3)13-16-7-5-4-6-8-16/h4-12,15,19-20,23H,13-14H2,1-3H3,(H,24,25)(H,26,27)/t19-,20-/m0/s1. The van der Waals surface area contributed by atoms with Crippen molar-refractivity contribution < 1.29 is 19.4 Å². The number of carbonyl (C=O) groups excluding carboxylic acids is 1. The number of ether oxygens (including phenoxy) is 1. The molecule has 3 N–H and O–H groups in total. The number of carboxylic acids is 1. The summed E-state index contributed by atoms with van der Waals surface area (Å²) in [6, 6.07) is 15.3. The quantitative estimate of drug-likeness (QED) is 0.586. The fourth-order valence-electron chi connectivity index (χ4n) is 2.86. The number of likely N-dealkylation sites (N-methyl/N-ethyl adjacent to an activating group) is 1. The fraction of sp³-hybridized carbons (Fsp3) is 0.364. The maximum atomic E-state index is 12.6. The lowest BCUT2D eigenvalue weighted by Gasteiger charge is -2.20. The third-order valence-electron chi connectivity index (χ3n) is 4.30. The zero-order valence-corrected chi connectivity index (χ0v) is 16.5. The molecule has 2 rings (SSSR count). The number of carbonyl (C=O) groups is 2. The average molecular weight is 384 g/mol. The molecule has 0 heterocycles. The van der Waals surface area contributed by atoms with Crippen molar-refractivity contribution in [2.45, 2.75) is 44.9 Å². The predicted molar refractivity (Wildman–Crippen MR) is 108 cm³/mol. The first kappa shape index (κ1) is 21.4. The second-order valence-corrected chi connectivity index (χ2v) is 6.95. The molecule has 2 aromatic rings. The summed E-state index contributed by atoms with van der Waals surface area (Å²) >= 11 is 0. The molecule has 1 amide bonds. The van der Waals surface area contributed by atoms with Crippen molar-refractivity contribution in [3.8, 4) is 5.75 Å². The summed E-state index contributed by atoms with van der Waals surface area (Å²) in [6.07, 6.45) is 0.752. The molecule has 6 nitrogen and oxygen atoms in total. The SMILES string of the molecule is CN[C@@H](Cc1ccccc1)C(=O)N[C@@H](Cc1ccc(OC(C)C)cc1)C(=O)O. The van der Waals surface area contributed by atoms with Crippen LogP contribution in [0.4, 0.5) is 0 Å². The van der Waals surface area contributed by atoms with E-state index in [0.29, 0.717) is 6.42 Å². The minimum Gasteiger partial charge on any atom is -0.491 e. The van der Waals surface area contributed by atoms with Crippen LogP contribution in [0.25, 0.3) is 0 Å². The van der Waals surface area contributed by atoms with Crippen LogP contribution in [0.3, 0.4) is 0 Å². The van der Waals surface area contributed by atoms with E-state index >= 15 is 0 Å². The third kappa shape index (κ3) is 6.70. The summed E-state index contributed by atoms with van der Waals surface area (Å²) in [6.45, 7) is 3.88. The summed E-state index contributed by atoms with van der Waals surface area (Å²) in [7, 11) is 1.69. The van der Waals surface area contributed by atoms with Gasteiger partial charge >= 0.3 is 5.97 Å². The van der Waals surface area contributed by atoms with Crippen molar-refractivity contribution in [2.24, 2.45) is 0 Å². The Hall–Kier alpha value is -2.86. The van der Waals surface area contributed by atoms with E-state index in [1.165, 1.54) is 0 Å². The summed E-state index contributed by atoms with van der Waals surface area (Å²) in [5, 5.41) is 15.2. The molecule has 28 heavy (non-hydrogen) atoms. The second-order valence-electron chi connectivity index (χ2n) is 6.95. The first-order valence-electron chi connectivity index (χ1n) is 9.39. The molecule has 150 valence electrons. The molecule has 0 aliphatic carbocycles. The van der Waals surface area contributed by atoms with Crippen LogP contribution in [0.5, 0.6) is 5.75 Å². The maximum Gasteiger partial charge on any atom is 0.326 e. The molecule has 0 spiro atoms. The van der Waals surface area contributed by atoms with Crippen molar-refractivity contribution in [3.63, 3.8) is 0 Å². The van der Waals surface area contributed by atoms with Gasteiger partial charge in [0, 0.05) is 6.42 Å². The highest BCUT2D eigenvalue weighted by Gasteiger charge is 2.25. The topological polar surface area (TPSA) is 87.7 Å². The highest BCUT2D eigenvalue weighted by Crippen LogP contribution is 2.15. The van der Waals surface area contributed by atoms with Crippen molar-refractivity contribution in [1.29, 1.82) is 0 Å². The number of amides is 1. The number of carboxylic acid groups (broad SMARTS) is 1. The van der Waals surface area contributed by atoms with E-state index < -0.39 is 18.1 Å². The smallest absolute Gasteiger partial charge is 0.326 e. The summed E-state index contributed by atoms with van der Waals surface area (Å²) in [5.74, 6) is -0.670. The fourth-order valence-corrected chi connectivity index (χ4v) is 2.86. The highest BCUT2D eigenvalue weighted by atomic mass is 16.5. The minimum absolute atomic E-state index is 0.0694. The van der Waals surface area contributed by atoms with Crippen LogP contribution in [-0.4, -0.2) is 42.2 Å². The van der Waals surface area contributed by atoms with Gasteiger partial charge in [-0.3, -0.25) is 4.79 Å². The maximum absolute atomic E-state index is 12.6. The molecule has 0 aromatic heterocycles. The van der Waals surface area contributed by atoms with Gasteiger partial charge in [0.2, 0.25) is 5.91 Å². The van der Waals surface area contributed by atoms with E-state index in [4.69, 9.17) is 4.74 Å². The molecule has 0 unspecified atom stereocenters. The van der Waals surface area contributed by atoms with Gasteiger partial charge in [-0.05, 0) is 50.6 Å². The molecule has 0 fully saturated rings. The van der Waals surface area contributed by atoms with Crippen molar-refractivity contribution >= 4 is 11.9 Å². The molecular weight excluding hydrogens is 356 g/mol. The van der Waals surface area contributed by atoms with Gasteiger partial charge in [0.05, 0.1) is 12.1 Å². The molecule has 0 bridgehead atoms. The Morgan fingerprint density at radius 3 is 2.04 bits per heavy atom. The number of rotatable bonds is 10. The minimum atomic E-state index is -1.06. The largest absolute Gasteiger partial charge is 0.491 e. The van der Waals surface area contributed by atoms with Crippen LogP contribution in [0.2, 0.25) is 0 Å². The van der Waals surface area contributed by atoms with Crippen LogP contribution in [0.15, 0.2) is 54.6 Å². The highest BCUT2D eigenvalue weighted by molar-refractivity contribution is 5.87. The van der Waals surface area contributed by atoms with Crippen LogP contribution < -0.4 is 15.4 Å². The zero-order chi connectivity index (χ0) is 20.5. The molecule has 6 heteroatoms. The average Bonchev–Trinajstić information content (AvgIpc) is 2.67. The van der Waals surface area contributed by atoms with Gasteiger partial charge in [-0.2, -0.15) is 0 Å². The lowest BCUT2D eigenvalue weighted by Crippen LogP contribution is -2.51. The van der Waals surface area contributed by atoms with Gasteiger partial charge in [0.25, 0.3) is 0 Å². The Labute approximate surface area is 165 Å². The monoisotopic (exact) mass is 384 g/mol. The van der Waals surface area contributed by atoms with Gasteiger partial charge in [0.15, 0.2) is 0 Å². The van der Waals surface area contributed by atoms with Crippen LogP contribution in [-0.2, 0) is 22.4 Å². The predicted octanol–water partition coefficient (Wildman–Crippen LogP) is 2.42. The summed E-state index contributed by atoms with van der Waals surface area (Å²) in [4.78, 5) is 24.3. The first-order valence-corrected chi connectivity index (χ1v) is 9.39. The number of aliphatic carboxylic acids is 1. The van der Waals surface area contributed by atoms with Gasteiger partial charge in [-0.25, -0.2) is 4.79 Å². The Bertz CT molecular complexity index is 760. The van der Waals surface area contributed by atoms with Crippen molar-refractivity contribution in [1.82, 2.24) is 10.6 Å². The van der Waals surface area contributed by atoms with Crippen LogP contribution in [0, 0.1) is 0 Å². The number of hydrogen-bond acceptors (Lipinski definition) is 4. The Kier molecular flexibility index (Phi) is 8.02. The van der Waals surface area contributed by atoms with E-state index in [9.17, 15) is 14.7 Å². The van der Waals surface area contributed by atoms with Gasteiger partial charge in [-0.1, -0.05) is 42.5 Å². The van der Waals surface area contributed by atoms with Gasteiger partial charge in [0.1, 0.15) is 11.8 Å². The number of benzene rings is 2. The Morgan fingerprint density at radius 1 is 0.929 bits per heavy atom. The van der Waals surface area contributed by atoms with Crippen molar-refractivity contribution in [2.75, 3.05) is 7.05 Å². The molecule has 0 aliphatic rings. The molecule has 0 saturated heterocycles. The lowest BCUT2D eigenvalue weighted by molar-refractivity contribution is -0.142. The number of nitrogens with one attached hydrogen (secondary N) is 2. The third-order valence-corrected chi connectivity index (χ3v) is 4.30. The summed E-state index contributed by atoms with van der Waals surface area (Å²) in [5.41, 5.74) is 1.82. The molecule has 2 aromatic carbocycles. The molecule has 2 atom stereocenters. The van der Waals surface area contributed by atoms with Crippen LogP contribution >= 0.6 is 0 Å². The molecule has 0 radical (unpaired) electrons. The van der Waals surface area contributed by atoms with E-state index in [2.05, 4.69) is 10.6 Å². The normalized spacial score (nSPS) is 13.0. The number of hydrogen-bond donors (Lipinski definition) is 3. The van der Waals surface area contributed by atoms with Gasteiger partial charge < -0.3 is 20.5 Å². The second kappa shape index (κ2) is 10.5. The lowest BCUT2D eigenvalue weighted by atomic mass is 10.0. The van der Waals surface area contributed by atoms with E-state index in [-0.39, 0.29) is 18.4 Å². The van der Waals surface area contributed by atoms with E-state index in [0.717, 1.165) is 16.9 Å². The van der Waals surface area contributed by atoms with Crippen molar-refractivity contribution in [3.05, 3.63) is 65.7 Å². The Balaban J connectivity index is 2.00.